The zero-order valence-corrected chi connectivity index (χ0v) is 10.9. The molecule has 0 saturated carbocycles. The molecule has 1 aliphatic carbocycles. The average molecular weight is 345 g/mol. The van der Waals surface area contributed by atoms with Crippen molar-refractivity contribution in [3.8, 4) is 0 Å². The number of hydrogen-bond acceptors (Lipinski definition) is 0. The molecule has 0 unspecified atom stereocenters. The molecule has 1 radical (unpaired) electrons. The van der Waals surface area contributed by atoms with Gasteiger partial charge < -0.3 is 6.08 Å². The van der Waals surface area contributed by atoms with Gasteiger partial charge in [0.2, 0.25) is 0 Å². The maximum atomic E-state index is 3.22. The van der Waals surface area contributed by atoms with E-state index in [2.05, 4.69) is 36.4 Å². The Morgan fingerprint density at radius 1 is 1.08 bits per heavy atom. The van der Waals surface area contributed by atoms with Crippen molar-refractivity contribution in [3.05, 3.63) is 47.5 Å². The summed E-state index contributed by atoms with van der Waals surface area (Å²) in [6.45, 7) is 4.00. The monoisotopic (exact) mass is 346 g/mol. The molecule has 0 aliphatic heterocycles. The van der Waals surface area contributed by atoms with Crippen molar-refractivity contribution in [2.24, 2.45) is 0 Å². The molecule has 0 bridgehead atoms. The van der Waals surface area contributed by atoms with Crippen LogP contribution in [0, 0.1) is 6.08 Å². The molecule has 0 fully saturated rings. The SMILES string of the molecule is CC.[C-]1=CCc2ccccc2C1.[Re]. The molecule has 1 heteroatoms. The summed E-state index contributed by atoms with van der Waals surface area (Å²) in [5.74, 6) is 0. The van der Waals surface area contributed by atoms with Crippen molar-refractivity contribution in [1.29, 1.82) is 0 Å². The first-order valence-corrected chi connectivity index (χ1v) is 4.58. The summed E-state index contributed by atoms with van der Waals surface area (Å²) in [5, 5.41) is 0. The van der Waals surface area contributed by atoms with Crippen LogP contribution in [-0.4, -0.2) is 0 Å². The Hall–Kier alpha value is -0.378. The van der Waals surface area contributed by atoms with Gasteiger partial charge >= 0.3 is 0 Å². The number of benzene rings is 1. The van der Waals surface area contributed by atoms with E-state index in [1.807, 2.05) is 13.8 Å². The van der Waals surface area contributed by atoms with E-state index in [1.54, 1.807) is 0 Å². The Bertz CT molecular complexity index is 237. The number of fused-ring (bicyclic) bond motifs is 1. The second-order valence-corrected chi connectivity index (χ2v) is 2.56. The Labute approximate surface area is 94.7 Å². The molecule has 0 heterocycles. The van der Waals surface area contributed by atoms with Gasteiger partial charge in [-0.2, -0.15) is 6.42 Å². The van der Waals surface area contributed by atoms with Gasteiger partial charge in [-0.05, 0) is 12.0 Å². The second kappa shape index (κ2) is 7.07. The zero-order chi connectivity index (χ0) is 8.81. The van der Waals surface area contributed by atoms with Crippen molar-refractivity contribution in [3.63, 3.8) is 0 Å². The quantitative estimate of drug-likeness (QED) is 0.634. The minimum absolute atomic E-state index is 0. The van der Waals surface area contributed by atoms with E-state index in [9.17, 15) is 0 Å². The molecule has 2 rings (SSSR count). The van der Waals surface area contributed by atoms with Gasteiger partial charge in [0.05, 0.1) is 0 Å². The Balaban J connectivity index is 0.000000451. The van der Waals surface area contributed by atoms with E-state index >= 15 is 0 Å². The van der Waals surface area contributed by atoms with Gasteiger partial charge in [-0.3, -0.25) is 6.08 Å². The van der Waals surface area contributed by atoms with E-state index < -0.39 is 0 Å². The predicted octanol–water partition coefficient (Wildman–Crippen LogP) is 3.17. The van der Waals surface area contributed by atoms with Crippen LogP contribution in [0.1, 0.15) is 25.0 Å². The second-order valence-electron chi connectivity index (χ2n) is 2.56. The third-order valence-corrected chi connectivity index (χ3v) is 1.88. The molecule has 0 atom stereocenters. The van der Waals surface area contributed by atoms with Crippen LogP contribution in [0.15, 0.2) is 30.3 Å². The van der Waals surface area contributed by atoms with Crippen LogP contribution in [0.25, 0.3) is 0 Å². The van der Waals surface area contributed by atoms with E-state index in [-0.39, 0.29) is 20.4 Å². The first-order valence-electron chi connectivity index (χ1n) is 4.58. The Morgan fingerprint density at radius 2 is 1.69 bits per heavy atom. The summed E-state index contributed by atoms with van der Waals surface area (Å²) in [5.41, 5.74) is 2.89. The van der Waals surface area contributed by atoms with E-state index in [1.165, 1.54) is 11.1 Å². The van der Waals surface area contributed by atoms with Gasteiger partial charge in [0.1, 0.15) is 0 Å². The van der Waals surface area contributed by atoms with Gasteiger partial charge in [0.15, 0.2) is 0 Å². The molecule has 1 aliphatic rings. The van der Waals surface area contributed by atoms with Crippen LogP contribution >= 0.6 is 0 Å². The summed E-state index contributed by atoms with van der Waals surface area (Å²) in [7, 11) is 0. The minimum Gasteiger partial charge on any atom is -0.496 e. The third-order valence-electron chi connectivity index (χ3n) is 1.88. The van der Waals surface area contributed by atoms with Crippen molar-refractivity contribution >= 4 is 0 Å². The number of rotatable bonds is 0. The van der Waals surface area contributed by atoms with Crippen molar-refractivity contribution in [2.75, 3.05) is 0 Å². The van der Waals surface area contributed by atoms with Gasteiger partial charge in [-0.1, -0.05) is 43.7 Å². The summed E-state index contributed by atoms with van der Waals surface area (Å²) in [6.07, 6.45) is 7.39. The van der Waals surface area contributed by atoms with Crippen LogP contribution in [0.5, 0.6) is 0 Å². The third kappa shape index (κ3) is 3.47. The largest absolute Gasteiger partial charge is 0.496 e. The van der Waals surface area contributed by atoms with Crippen molar-refractivity contribution in [1.82, 2.24) is 0 Å². The summed E-state index contributed by atoms with van der Waals surface area (Å²) < 4.78 is 0. The molecule has 0 spiro atoms. The smallest absolute Gasteiger partial charge is 0 e. The first-order chi connectivity index (χ1) is 5.97. The molecule has 71 valence electrons. The zero-order valence-electron chi connectivity index (χ0n) is 8.18. The maximum Gasteiger partial charge on any atom is 0 e. The normalized spacial score (nSPS) is 11.8. The van der Waals surface area contributed by atoms with Crippen molar-refractivity contribution in [2.45, 2.75) is 26.7 Å². The minimum atomic E-state index is 0. The topological polar surface area (TPSA) is 0 Å². The molecule has 0 N–H and O–H groups in total. The summed E-state index contributed by atoms with van der Waals surface area (Å²) >= 11 is 0. The average Bonchev–Trinajstić information content (AvgIpc) is 2.21. The molecule has 0 saturated heterocycles. The molecular weight excluding hydrogens is 330 g/mol. The van der Waals surface area contributed by atoms with Crippen LogP contribution in [0.4, 0.5) is 0 Å². The fourth-order valence-corrected chi connectivity index (χ4v) is 1.29. The van der Waals surface area contributed by atoms with Gasteiger partial charge in [0.25, 0.3) is 0 Å². The predicted molar refractivity (Wildman–Crippen MR) is 53.0 cm³/mol. The standard InChI is InChI=1S/C10H9.C2H6.Re/c1-2-6-10-8-4-3-7-9(10)5-1;1-2;/h1-3,5-6H,7-8H2;1-2H3;/q-1;;. The van der Waals surface area contributed by atoms with Crippen LogP contribution in [0.2, 0.25) is 0 Å². The van der Waals surface area contributed by atoms with Crippen LogP contribution in [0.3, 0.4) is 0 Å². The molecule has 1 aromatic carbocycles. The van der Waals surface area contributed by atoms with Gasteiger partial charge in [-0.25, -0.2) is 0 Å². The van der Waals surface area contributed by atoms with Gasteiger partial charge in [-0.15, -0.1) is 0 Å². The fourth-order valence-electron chi connectivity index (χ4n) is 1.29. The Morgan fingerprint density at radius 3 is 2.31 bits per heavy atom. The molecule has 0 aromatic heterocycles. The van der Waals surface area contributed by atoms with E-state index in [0.29, 0.717) is 0 Å². The maximum absolute atomic E-state index is 3.22. The number of allylic oxidation sites excluding steroid dienone is 2. The summed E-state index contributed by atoms with van der Waals surface area (Å²) in [4.78, 5) is 0. The Kier molecular flexibility index (Phi) is 6.86. The molecule has 0 amide bonds. The molecular formula is C12H15Re-. The molecule has 0 nitrogen and oxygen atoms in total. The van der Waals surface area contributed by atoms with Crippen LogP contribution < -0.4 is 0 Å². The van der Waals surface area contributed by atoms with E-state index in [0.717, 1.165) is 12.8 Å². The number of hydrogen-bond donors (Lipinski definition) is 0. The van der Waals surface area contributed by atoms with Gasteiger partial charge in [0, 0.05) is 20.4 Å². The molecule has 13 heavy (non-hydrogen) atoms. The first kappa shape index (κ1) is 12.6. The fraction of sp³-hybridized carbons (Fsp3) is 0.333. The van der Waals surface area contributed by atoms with Crippen LogP contribution in [-0.2, 0) is 33.3 Å². The molecule has 1 aromatic rings. The summed E-state index contributed by atoms with van der Waals surface area (Å²) in [6, 6.07) is 8.55. The van der Waals surface area contributed by atoms with Crippen molar-refractivity contribution < 1.29 is 20.4 Å². The van der Waals surface area contributed by atoms with E-state index in [4.69, 9.17) is 0 Å².